The van der Waals surface area contributed by atoms with Crippen molar-refractivity contribution in [3.05, 3.63) is 53.1 Å². The zero-order valence-corrected chi connectivity index (χ0v) is 11.8. The summed E-state index contributed by atoms with van der Waals surface area (Å²) in [4.78, 5) is 19.3. The van der Waals surface area contributed by atoms with Crippen molar-refractivity contribution in [2.75, 3.05) is 13.2 Å². The number of hydrogen-bond donors (Lipinski definition) is 3. The second-order valence-corrected chi connectivity index (χ2v) is 4.55. The molecule has 0 saturated carbocycles. The van der Waals surface area contributed by atoms with Gasteiger partial charge < -0.3 is 15.4 Å². The minimum Gasteiger partial charge on any atom is -0.384 e. The molecule has 0 bridgehead atoms. The Bertz CT molecular complexity index is 667. The number of nitrogens with one attached hydrogen (secondary N) is 2. The zero-order valence-electron chi connectivity index (χ0n) is 11.8. The fraction of sp³-hybridized carbons (Fsp3) is 0.250. The Morgan fingerprint density at radius 3 is 3.05 bits per heavy atom. The van der Waals surface area contributed by atoms with Crippen LogP contribution in [0.5, 0.6) is 0 Å². The number of hydrogen-bond acceptors (Lipinski definition) is 3. The number of amides is 1. The number of carbonyl (C=O) groups is 1. The van der Waals surface area contributed by atoms with Gasteiger partial charge in [-0.15, -0.1) is 0 Å². The van der Waals surface area contributed by atoms with Crippen molar-refractivity contribution < 1.29 is 9.90 Å². The van der Waals surface area contributed by atoms with Crippen LogP contribution in [0.3, 0.4) is 0 Å². The molecular weight excluding hydrogens is 266 g/mol. The van der Waals surface area contributed by atoms with E-state index in [2.05, 4.69) is 27.1 Å². The molecular formula is C16H17N3O2. The molecule has 5 nitrogen and oxygen atoms in total. The van der Waals surface area contributed by atoms with Gasteiger partial charge in [0.2, 0.25) is 0 Å². The van der Waals surface area contributed by atoms with Gasteiger partial charge in [0.25, 0.3) is 5.91 Å². The largest absolute Gasteiger partial charge is 0.384 e. The molecule has 0 unspecified atom stereocenters. The number of H-pyrrole nitrogens is 1. The fourth-order valence-corrected chi connectivity index (χ4v) is 1.91. The van der Waals surface area contributed by atoms with Gasteiger partial charge in [0.15, 0.2) is 0 Å². The van der Waals surface area contributed by atoms with Gasteiger partial charge in [-0.25, -0.2) is 4.98 Å². The third-order valence-electron chi connectivity index (χ3n) is 2.92. The molecule has 5 heteroatoms. The number of carbonyl (C=O) groups excluding carboxylic acids is 1. The summed E-state index contributed by atoms with van der Waals surface area (Å²) in [6.07, 6.45) is 4.07. The van der Waals surface area contributed by atoms with Crippen LogP contribution < -0.4 is 5.32 Å². The van der Waals surface area contributed by atoms with Gasteiger partial charge in [0.05, 0.1) is 5.56 Å². The summed E-state index contributed by atoms with van der Waals surface area (Å²) >= 11 is 0. The number of rotatable bonds is 4. The lowest BCUT2D eigenvalue weighted by molar-refractivity contribution is 0.0953. The maximum Gasteiger partial charge on any atom is 0.252 e. The minimum atomic E-state index is -0.229. The van der Waals surface area contributed by atoms with Crippen molar-refractivity contribution in [2.45, 2.75) is 13.3 Å². The van der Waals surface area contributed by atoms with E-state index in [1.807, 2.05) is 13.0 Å². The number of aryl methyl sites for hydroxylation is 1. The number of aromatic nitrogens is 2. The molecule has 108 valence electrons. The molecule has 1 heterocycles. The highest BCUT2D eigenvalue weighted by molar-refractivity contribution is 5.96. The topological polar surface area (TPSA) is 78.0 Å². The summed E-state index contributed by atoms with van der Waals surface area (Å²) in [7, 11) is 0. The molecule has 0 fully saturated rings. The monoisotopic (exact) mass is 283 g/mol. The van der Waals surface area contributed by atoms with Crippen LogP contribution in [0.15, 0.2) is 30.6 Å². The van der Waals surface area contributed by atoms with Crippen LogP contribution in [0, 0.1) is 18.8 Å². The smallest absolute Gasteiger partial charge is 0.252 e. The molecule has 2 aromatic rings. The standard InChI is InChI=1S/C16H17N3O2/c1-12-4-5-13(3-2-10-20)14(11-12)16(21)19-7-6-15-17-8-9-18-15/h4-5,8-9,11,20H,6-7,10H2,1H3,(H,17,18)(H,19,21). The molecule has 3 N–H and O–H groups in total. The lowest BCUT2D eigenvalue weighted by atomic mass is 10.0. The Morgan fingerprint density at radius 1 is 1.48 bits per heavy atom. The molecule has 2 rings (SSSR count). The molecule has 1 aromatic heterocycles. The highest BCUT2D eigenvalue weighted by atomic mass is 16.2. The maximum absolute atomic E-state index is 12.2. The average Bonchev–Trinajstić information content (AvgIpc) is 2.99. The quantitative estimate of drug-likeness (QED) is 0.734. The number of nitrogens with zero attached hydrogens (tertiary/aromatic N) is 1. The van der Waals surface area contributed by atoms with Crippen molar-refractivity contribution in [2.24, 2.45) is 0 Å². The molecule has 0 atom stereocenters. The molecule has 0 spiro atoms. The third kappa shape index (κ3) is 4.20. The molecule has 0 aliphatic heterocycles. The Hall–Kier alpha value is -2.58. The van der Waals surface area contributed by atoms with Crippen molar-refractivity contribution in [1.29, 1.82) is 0 Å². The second-order valence-electron chi connectivity index (χ2n) is 4.55. The predicted octanol–water partition coefficient (Wildman–Crippen LogP) is 1.03. The second kappa shape index (κ2) is 7.27. The van der Waals surface area contributed by atoms with Crippen LogP contribution in [-0.2, 0) is 6.42 Å². The molecule has 0 radical (unpaired) electrons. The lowest BCUT2D eigenvalue weighted by Crippen LogP contribution is -2.26. The fourth-order valence-electron chi connectivity index (χ4n) is 1.91. The van der Waals surface area contributed by atoms with E-state index in [0.29, 0.717) is 24.1 Å². The first-order chi connectivity index (χ1) is 10.2. The normalized spacial score (nSPS) is 9.81. The summed E-state index contributed by atoms with van der Waals surface area (Å²) in [6.45, 7) is 2.18. The summed E-state index contributed by atoms with van der Waals surface area (Å²) < 4.78 is 0. The number of benzene rings is 1. The summed E-state index contributed by atoms with van der Waals surface area (Å²) in [6, 6.07) is 5.48. The van der Waals surface area contributed by atoms with E-state index >= 15 is 0 Å². The van der Waals surface area contributed by atoms with Crippen molar-refractivity contribution in [3.63, 3.8) is 0 Å². The van der Waals surface area contributed by atoms with E-state index in [4.69, 9.17) is 5.11 Å². The highest BCUT2D eigenvalue weighted by Gasteiger charge is 2.10. The molecule has 1 aromatic carbocycles. The summed E-state index contributed by atoms with van der Waals surface area (Å²) in [5, 5.41) is 11.6. The van der Waals surface area contributed by atoms with E-state index in [1.54, 1.807) is 24.5 Å². The molecule has 0 aliphatic rings. The van der Waals surface area contributed by atoms with E-state index in [0.717, 1.165) is 11.4 Å². The van der Waals surface area contributed by atoms with E-state index in [1.165, 1.54) is 0 Å². The first kappa shape index (κ1) is 14.8. The number of aromatic amines is 1. The van der Waals surface area contributed by atoms with Gasteiger partial charge in [0, 0.05) is 30.9 Å². The van der Waals surface area contributed by atoms with Crippen molar-refractivity contribution >= 4 is 5.91 Å². The first-order valence-electron chi connectivity index (χ1n) is 6.67. The summed E-state index contributed by atoms with van der Waals surface area (Å²) in [5.74, 6) is 6.02. The third-order valence-corrected chi connectivity index (χ3v) is 2.92. The Labute approximate surface area is 123 Å². The van der Waals surface area contributed by atoms with Gasteiger partial charge in [-0.3, -0.25) is 4.79 Å². The SMILES string of the molecule is Cc1ccc(C#CCO)c(C(=O)NCCc2ncc[nH]2)c1. The van der Waals surface area contributed by atoms with E-state index < -0.39 is 0 Å². The molecule has 0 aliphatic carbocycles. The highest BCUT2D eigenvalue weighted by Crippen LogP contribution is 2.10. The van der Waals surface area contributed by atoms with E-state index in [9.17, 15) is 4.79 Å². The minimum absolute atomic E-state index is 0.174. The van der Waals surface area contributed by atoms with Crippen LogP contribution in [0.2, 0.25) is 0 Å². The van der Waals surface area contributed by atoms with Gasteiger partial charge >= 0.3 is 0 Å². The van der Waals surface area contributed by atoms with E-state index in [-0.39, 0.29) is 12.5 Å². The van der Waals surface area contributed by atoms with Crippen LogP contribution in [0.25, 0.3) is 0 Å². The Kier molecular flexibility index (Phi) is 5.13. The van der Waals surface area contributed by atoms with Crippen LogP contribution in [0.1, 0.15) is 27.3 Å². The number of aliphatic hydroxyl groups is 1. The lowest BCUT2D eigenvalue weighted by Gasteiger charge is -2.07. The predicted molar refractivity (Wildman–Crippen MR) is 79.8 cm³/mol. The van der Waals surface area contributed by atoms with Gasteiger partial charge in [-0.2, -0.15) is 0 Å². The van der Waals surface area contributed by atoms with Crippen molar-refractivity contribution in [1.82, 2.24) is 15.3 Å². The zero-order chi connectivity index (χ0) is 15.1. The summed E-state index contributed by atoms with van der Waals surface area (Å²) in [5.41, 5.74) is 2.13. The Balaban J connectivity index is 2.05. The number of imidazole rings is 1. The molecule has 1 amide bonds. The molecule has 21 heavy (non-hydrogen) atoms. The molecule has 0 saturated heterocycles. The van der Waals surface area contributed by atoms with Crippen molar-refractivity contribution in [3.8, 4) is 11.8 Å². The first-order valence-corrected chi connectivity index (χ1v) is 6.67. The average molecular weight is 283 g/mol. The van der Waals surface area contributed by atoms with Crippen LogP contribution in [-0.4, -0.2) is 34.1 Å². The Morgan fingerprint density at radius 2 is 2.33 bits per heavy atom. The van der Waals surface area contributed by atoms with Gasteiger partial charge in [-0.1, -0.05) is 23.5 Å². The van der Waals surface area contributed by atoms with Crippen LogP contribution >= 0.6 is 0 Å². The maximum atomic E-state index is 12.2. The van der Waals surface area contributed by atoms with Crippen LogP contribution in [0.4, 0.5) is 0 Å². The number of aliphatic hydroxyl groups excluding tert-OH is 1. The van der Waals surface area contributed by atoms with Gasteiger partial charge in [0.1, 0.15) is 12.4 Å². The van der Waals surface area contributed by atoms with Gasteiger partial charge in [-0.05, 0) is 19.1 Å².